The van der Waals surface area contributed by atoms with Crippen LogP contribution in [0.1, 0.15) is 28.2 Å². The summed E-state index contributed by atoms with van der Waals surface area (Å²) in [6, 6.07) is 1.91. The zero-order valence-corrected chi connectivity index (χ0v) is 7.17. The van der Waals surface area contributed by atoms with Crippen molar-refractivity contribution in [2.45, 2.75) is 6.43 Å². The Kier molecular flexibility index (Phi) is 2.90. The van der Waals surface area contributed by atoms with Crippen LogP contribution in [-0.2, 0) is 0 Å². The maximum atomic E-state index is 13.1. The van der Waals surface area contributed by atoms with E-state index in [1.165, 1.54) is 6.07 Å². The van der Waals surface area contributed by atoms with Crippen LogP contribution in [0.4, 0.5) is 13.2 Å². The van der Waals surface area contributed by atoms with Crippen molar-refractivity contribution in [2.24, 2.45) is 5.73 Å². The summed E-state index contributed by atoms with van der Waals surface area (Å²) in [5.74, 6) is -2.58. The third kappa shape index (κ3) is 2.04. The van der Waals surface area contributed by atoms with E-state index in [0.29, 0.717) is 6.07 Å². The number of rotatable bonds is 2. The fraction of sp³-hybridized carbons (Fsp3) is 0.125. The molecule has 0 saturated heterocycles. The Hall–Kier alpha value is -2.10. The molecular weight excluding hydrogens is 211 g/mol. The van der Waals surface area contributed by atoms with Crippen LogP contribution in [0, 0.1) is 17.1 Å². The topological polar surface area (TPSA) is 79.8 Å². The molecule has 0 radical (unpaired) electrons. The second kappa shape index (κ2) is 3.96. The first-order valence-electron chi connectivity index (χ1n) is 3.66. The van der Waals surface area contributed by atoms with Crippen molar-refractivity contribution in [2.75, 3.05) is 0 Å². The van der Waals surface area contributed by atoms with Crippen molar-refractivity contribution in [3.8, 4) is 6.07 Å². The van der Waals surface area contributed by atoms with Gasteiger partial charge >= 0.3 is 0 Å². The monoisotopic (exact) mass is 215 g/mol. The summed E-state index contributed by atoms with van der Waals surface area (Å²) in [6.07, 6.45) is -3.00. The van der Waals surface area contributed by atoms with Gasteiger partial charge in [-0.3, -0.25) is 4.79 Å². The lowest BCUT2D eigenvalue weighted by molar-refractivity contribution is 0.0988. The molecule has 1 amide bonds. The van der Waals surface area contributed by atoms with Crippen LogP contribution in [0.3, 0.4) is 0 Å². The van der Waals surface area contributed by atoms with Crippen LogP contribution in [0.2, 0.25) is 0 Å². The number of pyridine rings is 1. The fourth-order valence-electron chi connectivity index (χ4n) is 0.906. The number of primary amides is 1. The highest BCUT2D eigenvalue weighted by Crippen LogP contribution is 2.20. The first-order valence-corrected chi connectivity index (χ1v) is 3.66. The molecule has 0 aliphatic carbocycles. The molecule has 78 valence electrons. The van der Waals surface area contributed by atoms with E-state index in [9.17, 15) is 18.0 Å². The van der Waals surface area contributed by atoms with Gasteiger partial charge in [-0.25, -0.2) is 18.2 Å². The molecule has 0 unspecified atom stereocenters. The Balaban J connectivity index is 3.47. The zero-order valence-electron chi connectivity index (χ0n) is 7.17. The van der Waals surface area contributed by atoms with E-state index < -0.39 is 35.1 Å². The first kappa shape index (κ1) is 11.0. The van der Waals surface area contributed by atoms with Crippen molar-refractivity contribution >= 4 is 5.91 Å². The van der Waals surface area contributed by atoms with Gasteiger partial charge in [0.25, 0.3) is 12.3 Å². The van der Waals surface area contributed by atoms with Crippen LogP contribution >= 0.6 is 0 Å². The molecule has 0 aliphatic heterocycles. The summed E-state index contributed by atoms with van der Waals surface area (Å²) in [5.41, 5.74) is 2.21. The molecule has 4 nitrogen and oxygen atoms in total. The second-order valence-electron chi connectivity index (χ2n) is 2.53. The Bertz CT molecular complexity index is 453. The zero-order chi connectivity index (χ0) is 11.6. The number of alkyl halides is 2. The van der Waals surface area contributed by atoms with Gasteiger partial charge in [0.2, 0.25) is 0 Å². The van der Waals surface area contributed by atoms with Gasteiger partial charge in [-0.05, 0) is 6.07 Å². The SMILES string of the molecule is N#Cc1cc(C(F)F)nc(C(N)=O)c1F. The summed E-state index contributed by atoms with van der Waals surface area (Å²) in [6.45, 7) is 0. The second-order valence-corrected chi connectivity index (χ2v) is 2.53. The number of hydrogen-bond acceptors (Lipinski definition) is 3. The Labute approximate surface area is 82.1 Å². The number of hydrogen-bond donors (Lipinski definition) is 1. The van der Waals surface area contributed by atoms with Crippen molar-refractivity contribution < 1.29 is 18.0 Å². The lowest BCUT2D eigenvalue weighted by Gasteiger charge is -2.03. The molecule has 0 fully saturated rings. The van der Waals surface area contributed by atoms with Gasteiger partial charge in [0.15, 0.2) is 11.5 Å². The van der Waals surface area contributed by atoms with E-state index in [-0.39, 0.29) is 0 Å². The summed E-state index contributed by atoms with van der Waals surface area (Å²) < 4.78 is 37.6. The predicted molar refractivity (Wildman–Crippen MR) is 42.4 cm³/mol. The number of halogens is 3. The number of aromatic nitrogens is 1. The summed E-state index contributed by atoms with van der Waals surface area (Å²) >= 11 is 0. The Morgan fingerprint density at radius 1 is 1.60 bits per heavy atom. The standard InChI is InChI=1S/C8H4F3N3O/c9-5-3(2-12)1-4(7(10)11)14-6(5)8(13)15/h1,7H,(H2,13,15). The van der Waals surface area contributed by atoms with Crippen LogP contribution in [0.5, 0.6) is 0 Å². The Morgan fingerprint density at radius 3 is 2.60 bits per heavy atom. The number of nitrogens with zero attached hydrogens (tertiary/aromatic N) is 2. The van der Waals surface area contributed by atoms with Gasteiger partial charge in [0.05, 0.1) is 5.56 Å². The van der Waals surface area contributed by atoms with E-state index in [1.54, 1.807) is 0 Å². The van der Waals surface area contributed by atoms with Crippen molar-refractivity contribution in [1.82, 2.24) is 4.98 Å². The molecular formula is C8H4F3N3O. The van der Waals surface area contributed by atoms with E-state index in [4.69, 9.17) is 11.0 Å². The molecule has 7 heteroatoms. The number of amides is 1. The van der Waals surface area contributed by atoms with Gasteiger partial charge in [-0.15, -0.1) is 0 Å². The molecule has 0 aromatic carbocycles. The normalized spacial score (nSPS) is 10.1. The third-order valence-corrected chi connectivity index (χ3v) is 1.55. The molecule has 0 spiro atoms. The lowest BCUT2D eigenvalue weighted by atomic mass is 10.2. The van der Waals surface area contributed by atoms with Crippen LogP contribution in [0.15, 0.2) is 6.07 Å². The maximum absolute atomic E-state index is 13.1. The smallest absolute Gasteiger partial charge is 0.280 e. The number of nitrogens with two attached hydrogens (primary N) is 1. The van der Waals surface area contributed by atoms with Gasteiger partial charge in [-0.2, -0.15) is 5.26 Å². The molecule has 1 aromatic heterocycles. The minimum absolute atomic E-state index is 0.576. The first-order chi connectivity index (χ1) is 6.97. The van der Waals surface area contributed by atoms with E-state index in [2.05, 4.69) is 4.98 Å². The molecule has 0 aliphatic rings. The fourth-order valence-corrected chi connectivity index (χ4v) is 0.906. The molecule has 1 rings (SSSR count). The van der Waals surface area contributed by atoms with Gasteiger partial charge in [0.1, 0.15) is 11.8 Å². The minimum atomic E-state index is -3.00. The predicted octanol–water partition coefficient (Wildman–Crippen LogP) is 1.13. The highest BCUT2D eigenvalue weighted by molar-refractivity contribution is 5.91. The highest BCUT2D eigenvalue weighted by atomic mass is 19.3. The number of carbonyl (C=O) groups excluding carboxylic acids is 1. The summed E-state index contributed by atoms with van der Waals surface area (Å²) in [5, 5.41) is 8.42. The number of nitriles is 1. The van der Waals surface area contributed by atoms with Gasteiger partial charge in [0, 0.05) is 0 Å². The van der Waals surface area contributed by atoms with Crippen molar-refractivity contribution in [3.05, 3.63) is 28.8 Å². The van der Waals surface area contributed by atoms with E-state index in [1.807, 2.05) is 0 Å². The molecule has 0 saturated carbocycles. The van der Waals surface area contributed by atoms with Crippen molar-refractivity contribution in [1.29, 1.82) is 5.26 Å². The summed E-state index contributed by atoms with van der Waals surface area (Å²) in [4.78, 5) is 13.7. The molecule has 1 heterocycles. The third-order valence-electron chi connectivity index (χ3n) is 1.55. The lowest BCUT2D eigenvalue weighted by Crippen LogP contribution is -2.17. The maximum Gasteiger partial charge on any atom is 0.280 e. The molecule has 0 atom stereocenters. The van der Waals surface area contributed by atoms with Crippen LogP contribution in [-0.4, -0.2) is 10.9 Å². The number of carbonyl (C=O) groups is 1. The van der Waals surface area contributed by atoms with Gasteiger partial charge in [-0.1, -0.05) is 0 Å². The van der Waals surface area contributed by atoms with E-state index >= 15 is 0 Å². The molecule has 15 heavy (non-hydrogen) atoms. The van der Waals surface area contributed by atoms with E-state index in [0.717, 1.165) is 0 Å². The average molecular weight is 215 g/mol. The van der Waals surface area contributed by atoms with Crippen molar-refractivity contribution in [3.63, 3.8) is 0 Å². The average Bonchev–Trinajstić information content (AvgIpc) is 2.17. The minimum Gasteiger partial charge on any atom is -0.364 e. The largest absolute Gasteiger partial charge is 0.364 e. The van der Waals surface area contributed by atoms with Crippen LogP contribution in [0.25, 0.3) is 0 Å². The van der Waals surface area contributed by atoms with Gasteiger partial charge < -0.3 is 5.73 Å². The highest BCUT2D eigenvalue weighted by Gasteiger charge is 2.20. The molecule has 2 N–H and O–H groups in total. The summed E-state index contributed by atoms with van der Waals surface area (Å²) in [7, 11) is 0. The quantitative estimate of drug-likeness (QED) is 0.802. The molecule has 1 aromatic rings. The van der Waals surface area contributed by atoms with Crippen LogP contribution < -0.4 is 5.73 Å². The Morgan fingerprint density at radius 2 is 2.20 bits per heavy atom. The molecule has 0 bridgehead atoms.